The first-order chi connectivity index (χ1) is 10.7. The molecule has 0 amide bonds. The zero-order valence-corrected chi connectivity index (χ0v) is 12.6. The minimum absolute atomic E-state index is 0.373. The van der Waals surface area contributed by atoms with Crippen LogP contribution in [0.5, 0.6) is 0 Å². The van der Waals surface area contributed by atoms with E-state index in [1.807, 2.05) is 19.2 Å². The van der Waals surface area contributed by atoms with Crippen molar-refractivity contribution in [2.24, 2.45) is 0 Å². The molecular formula is C15H19N7. The summed E-state index contributed by atoms with van der Waals surface area (Å²) in [7, 11) is 0. The summed E-state index contributed by atoms with van der Waals surface area (Å²) in [6, 6.07) is 2.44. The van der Waals surface area contributed by atoms with Crippen molar-refractivity contribution in [2.75, 3.05) is 5.73 Å². The molecule has 3 aromatic heterocycles. The Hall–Kier alpha value is -2.44. The van der Waals surface area contributed by atoms with Crippen molar-refractivity contribution in [3.8, 4) is 5.95 Å². The Balaban J connectivity index is 1.95. The Bertz CT molecular complexity index is 811. The van der Waals surface area contributed by atoms with Gasteiger partial charge in [-0.05, 0) is 25.8 Å². The van der Waals surface area contributed by atoms with Gasteiger partial charge in [0.1, 0.15) is 11.3 Å². The van der Waals surface area contributed by atoms with Crippen molar-refractivity contribution in [2.45, 2.75) is 45.1 Å². The summed E-state index contributed by atoms with van der Waals surface area (Å²) in [5.41, 5.74) is 7.97. The summed E-state index contributed by atoms with van der Waals surface area (Å²) >= 11 is 0. The lowest BCUT2D eigenvalue weighted by Gasteiger charge is -2.25. The topological polar surface area (TPSA) is 87.4 Å². The minimum atomic E-state index is 0.373. The lowest BCUT2D eigenvalue weighted by Crippen LogP contribution is -2.18. The number of rotatable bonds is 2. The largest absolute Gasteiger partial charge is 0.368 e. The molecule has 3 aromatic rings. The van der Waals surface area contributed by atoms with E-state index in [0.29, 0.717) is 17.8 Å². The summed E-state index contributed by atoms with van der Waals surface area (Å²) in [5, 5.41) is 4.41. The van der Waals surface area contributed by atoms with Crippen LogP contribution in [-0.4, -0.2) is 29.3 Å². The standard InChI is InChI=1S/C15H19N7/c1-10-18-14(16)22(20-10)15-19-12-9-17-8-7-13(12)21(15)11-5-3-2-4-6-11/h7-9,11H,2-6H2,1H3,(H2,16,18,20). The maximum Gasteiger partial charge on any atom is 0.235 e. The van der Waals surface area contributed by atoms with E-state index in [1.165, 1.54) is 19.3 Å². The Kier molecular flexibility index (Phi) is 3.06. The van der Waals surface area contributed by atoms with E-state index in [9.17, 15) is 0 Å². The molecule has 1 aliphatic rings. The fraction of sp³-hybridized carbons (Fsp3) is 0.467. The zero-order valence-electron chi connectivity index (χ0n) is 12.6. The normalized spacial score (nSPS) is 16.4. The molecule has 1 saturated carbocycles. The molecule has 1 aliphatic carbocycles. The van der Waals surface area contributed by atoms with Crippen LogP contribution in [0.1, 0.15) is 44.0 Å². The Labute approximate surface area is 128 Å². The van der Waals surface area contributed by atoms with E-state index in [4.69, 9.17) is 10.7 Å². The van der Waals surface area contributed by atoms with Crippen LogP contribution in [0.4, 0.5) is 5.95 Å². The van der Waals surface area contributed by atoms with E-state index in [-0.39, 0.29) is 0 Å². The van der Waals surface area contributed by atoms with Crippen molar-refractivity contribution < 1.29 is 0 Å². The second-order valence-electron chi connectivity index (χ2n) is 5.87. The van der Waals surface area contributed by atoms with Crippen LogP contribution < -0.4 is 5.73 Å². The fourth-order valence-electron chi connectivity index (χ4n) is 3.37. The van der Waals surface area contributed by atoms with Crippen molar-refractivity contribution in [1.29, 1.82) is 0 Å². The number of nitrogens with zero attached hydrogens (tertiary/aromatic N) is 6. The number of aryl methyl sites for hydroxylation is 1. The maximum absolute atomic E-state index is 6.01. The van der Waals surface area contributed by atoms with Crippen LogP contribution >= 0.6 is 0 Å². The minimum Gasteiger partial charge on any atom is -0.368 e. The van der Waals surface area contributed by atoms with Crippen LogP contribution in [-0.2, 0) is 0 Å². The average Bonchev–Trinajstić information content (AvgIpc) is 3.07. The van der Waals surface area contributed by atoms with Crippen LogP contribution in [0.3, 0.4) is 0 Å². The first-order valence-electron chi connectivity index (χ1n) is 7.75. The number of hydrogen-bond donors (Lipinski definition) is 1. The number of pyridine rings is 1. The molecule has 0 radical (unpaired) electrons. The molecule has 7 nitrogen and oxygen atoms in total. The Morgan fingerprint density at radius 2 is 2.00 bits per heavy atom. The Morgan fingerprint density at radius 3 is 2.73 bits per heavy atom. The average molecular weight is 297 g/mol. The van der Waals surface area contributed by atoms with Crippen molar-refractivity contribution in [3.63, 3.8) is 0 Å². The molecule has 22 heavy (non-hydrogen) atoms. The molecule has 2 N–H and O–H groups in total. The molecule has 4 rings (SSSR count). The maximum atomic E-state index is 6.01. The van der Waals surface area contributed by atoms with Gasteiger partial charge in [-0.2, -0.15) is 9.67 Å². The van der Waals surface area contributed by atoms with Crippen LogP contribution in [0.2, 0.25) is 0 Å². The molecule has 0 spiro atoms. The van der Waals surface area contributed by atoms with Crippen LogP contribution in [0.15, 0.2) is 18.5 Å². The Morgan fingerprint density at radius 1 is 1.18 bits per heavy atom. The third-order valence-electron chi connectivity index (χ3n) is 4.34. The molecule has 0 unspecified atom stereocenters. The highest BCUT2D eigenvalue weighted by Gasteiger charge is 2.24. The molecule has 114 valence electrons. The molecule has 7 heteroatoms. The number of anilines is 1. The molecule has 0 aromatic carbocycles. The first kappa shape index (κ1) is 13.2. The van der Waals surface area contributed by atoms with E-state index in [2.05, 4.69) is 19.6 Å². The van der Waals surface area contributed by atoms with E-state index >= 15 is 0 Å². The molecule has 3 heterocycles. The highest BCUT2D eigenvalue weighted by molar-refractivity contribution is 5.76. The lowest BCUT2D eigenvalue weighted by atomic mass is 9.95. The van der Waals surface area contributed by atoms with Gasteiger partial charge in [0.2, 0.25) is 11.9 Å². The predicted molar refractivity (Wildman–Crippen MR) is 83.7 cm³/mol. The summed E-state index contributed by atoms with van der Waals surface area (Å²) in [5.74, 6) is 1.77. The van der Waals surface area contributed by atoms with E-state index < -0.39 is 0 Å². The van der Waals surface area contributed by atoms with Gasteiger partial charge in [-0.15, -0.1) is 5.10 Å². The van der Waals surface area contributed by atoms with Gasteiger partial charge < -0.3 is 10.3 Å². The van der Waals surface area contributed by atoms with Gasteiger partial charge >= 0.3 is 0 Å². The summed E-state index contributed by atoms with van der Waals surface area (Å²) in [6.07, 6.45) is 9.73. The summed E-state index contributed by atoms with van der Waals surface area (Å²) in [6.45, 7) is 1.84. The third-order valence-corrected chi connectivity index (χ3v) is 4.34. The third kappa shape index (κ3) is 2.04. The van der Waals surface area contributed by atoms with Gasteiger partial charge in [0, 0.05) is 12.2 Å². The molecule has 1 fully saturated rings. The van der Waals surface area contributed by atoms with Crippen LogP contribution in [0, 0.1) is 6.92 Å². The monoisotopic (exact) mass is 297 g/mol. The molecule has 0 aliphatic heterocycles. The number of imidazole rings is 1. The van der Waals surface area contributed by atoms with Gasteiger partial charge in [-0.3, -0.25) is 4.98 Å². The molecular weight excluding hydrogens is 278 g/mol. The number of aromatic nitrogens is 6. The van der Waals surface area contributed by atoms with E-state index in [1.54, 1.807) is 10.9 Å². The quantitative estimate of drug-likeness (QED) is 0.784. The molecule has 0 saturated heterocycles. The van der Waals surface area contributed by atoms with Crippen molar-refractivity contribution in [3.05, 3.63) is 24.3 Å². The van der Waals surface area contributed by atoms with Crippen molar-refractivity contribution >= 4 is 17.0 Å². The highest BCUT2D eigenvalue weighted by atomic mass is 15.5. The molecule has 0 atom stereocenters. The SMILES string of the molecule is Cc1nc(N)n(-c2nc3cnccc3n2C2CCCCC2)n1. The summed E-state index contributed by atoms with van der Waals surface area (Å²) in [4.78, 5) is 13.1. The molecule has 0 bridgehead atoms. The van der Waals surface area contributed by atoms with E-state index in [0.717, 1.165) is 29.8 Å². The number of nitrogen functional groups attached to an aromatic ring is 1. The smallest absolute Gasteiger partial charge is 0.235 e. The second-order valence-corrected chi connectivity index (χ2v) is 5.87. The second kappa shape index (κ2) is 5.08. The van der Waals surface area contributed by atoms with Gasteiger partial charge in [-0.1, -0.05) is 19.3 Å². The number of nitrogens with two attached hydrogens (primary N) is 1. The van der Waals surface area contributed by atoms with Gasteiger partial charge in [0.15, 0.2) is 0 Å². The lowest BCUT2D eigenvalue weighted by molar-refractivity contribution is 0.356. The fourth-order valence-corrected chi connectivity index (χ4v) is 3.37. The van der Waals surface area contributed by atoms with Gasteiger partial charge in [0.05, 0.1) is 11.7 Å². The van der Waals surface area contributed by atoms with Crippen LogP contribution in [0.25, 0.3) is 17.0 Å². The number of fused-ring (bicyclic) bond motifs is 1. The first-order valence-corrected chi connectivity index (χ1v) is 7.75. The number of hydrogen-bond acceptors (Lipinski definition) is 5. The zero-order chi connectivity index (χ0) is 15.1. The van der Waals surface area contributed by atoms with Gasteiger partial charge in [-0.25, -0.2) is 4.98 Å². The van der Waals surface area contributed by atoms with Crippen molar-refractivity contribution in [1.82, 2.24) is 29.3 Å². The highest BCUT2D eigenvalue weighted by Crippen LogP contribution is 2.33. The van der Waals surface area contributed by atoms with Gasteiger partial charge in [0.25, 0.3) is 0 Å². The summed E-state index contributed by atoms with van der Waals surface area (Å²) < 4.78 is 3.91. The predicted octanol–water partition coefficient (Wildman–Crippen LogP) is 2.41.